The zero-order valence-electron chi connectivity index (χ0n) is 34.0. The molecule has 0 aliphatic rings. The van der Waals surface area contributed by atoms with Crippen molar-refractivity contribution < 1.29 is 72.5 Å². The molecule has 0 saturated heterocycles. The Morgan fingerprint density at radius 1 is 0.758 bits per heavy atom. The van der Waals surface area contributed by atoms with Crippen molar-refractivity contribution in [1.29, 1.82) is 0 Å². The Bertz CT molecular complexity index is 3200. The summed E-state index contributed by atoms with van der Waals surface area (Å²) in [4.78, 5) is 26.6. The largest absolute Gasteiger partial charge is 0.481 e. The molecule has 0 aliphatic carbocycles. The first kappa shape index (κ1) is 48.7. The standard InChI is InChI=1S/C40H36N8O14S4/c41-36-33(45-44-32-13-6-26-23-29(9-12-31(26)39(32)66(58,59)60)63-62-61-21-19-48-18-4-5-27(25-48)40(51)52)24-34(65(55,56)57)37(42-15-14-35(49)50)38(36)46-43-28-7-10-30(11-8-28)64(53,54)22-20-47-16-2-1-3-17-47/h1-13,16-18,23-25H,14-15,19-22H2,(H5-2,41,42,43,44,49,50,51,52,55,56,57,58,59,60)/p+2. The average Bonchev–Trinajstić information content (AvgIpc) is 3.27. The minimum absolute atomic E-state index is 0.0121. The van der Waals surface area contributed by atoms with Crippen molar-refractivity contribution in [3.05, 3.63) is 121 Å². The highest BCUT2D eigenvalue weighted by Crippen LogP contribution is 2.45. The van der Waals surface area contributed by atoms with Gasteiger partial charge in [0.25, 0.3) is 20.2 Å². The van der Waals surface area contributed by atoms with Gasteiger partial charge >= 0.3 is 11.9 Å². The van der Waals surface area contributed by atoms with Crippen LogP contribution in [0.4, 0.5) is 34.1 Å². The lowest BCUT2D eigenvalue weighted by molar-refractivity contribution is -0.700. The first-order chi connectivity index (χ1) is 31.3. The number of nitrogens with zero attached hydrogens (tertiary/aromatic N) is 6. The number of pyridine rings is 2. The number of aromatic carboxylic acids is 1. The second-order valence-corrected chi connectivity index (χ2v) is 19.4. The van der Waals surface area contributed by atoms with Crippen molar-refractivity contribution in [2.24, 2.45) is 20.5 Å². The van der Waals surface area contributed by atoms with Gasteiger partial charge in [0, 0.05) is 35.0 Å². The monoisotopic (exact) mass is 982 g/mol. The first-order valence-corrected chi connectivity index (χ1v) is 24.3. The fourth-order valence-corrected chi connectivity index (χ4v) is 9.32. The van der Waals surface area contributed by atoms with Gasteiger partial charge in [-0.3, -0.25) is 13.9 Å². The Labute approximate surface area is 380 Å². The SMILES string of the molecule is Nc1c(N=Nc2ccc3cc(SOOCC[n+]4cccc(C(=O)O)c4)ccc3c2S(=O)(=O)O)cc(S(=O)(=O)O)c(NCCC(=O)O)c1N=Nc1ccc(S(=O)(=O)CC[n+]2ccccc2)cc1. The summed E-state index contributed by atoms with van der Waals surface area (Å²) in [6, 6.07) is 21.3. The van der Waals surface area contributed by atoms with Gasteiger partial charge in [0.05, 0.1) is 40.4 Å². The number of anilines is 2. The maximum absolute atomic E-state index is 13.0. The number of nitrogens with two attached hydrogens (primary N) is 1. The van der Waals surface area contributed by atoms with Crippen LogP contribution in [-0.4, -0.2) is 75.4 Å². The van der Waals surface area contributed by atoms with Crippen molar-refractivity contribution in [1.82, 2.24) is 0 Å². The maximum atomic E-state index is 13.0. The topological polar surface area (TPSA) is 331 Å². The fourth-order valence-electron chi connectivity index (χ4n) is 6.06. The lowest BCUT2D eigenvalue weighted by Crippen LogP contribution is -2.36. The third-order valence-corrected chi connectivity index (χ3v) is 13.4. The van der Waals surface area contributed by atoms with Gasteiger partial charge in [0.15, 0.2) is 47.7 Å². The van der Waals surface area contributed by atoms with E-state index in [0.717, 1.165) is 18.1 Å². The number of hydrogen-bond acceptors (Lipinski definition) is 17. The maximum Gasteiger partial charge on any atom is 0.341 e. The summed E-state index contributed by atoms with van der Waals surface area (Å²) in [5, 5.41) is 37.3. The highest BCUT2D eigenvalue weighted by atomic mass is 32.2. The Balaban J connectivity index is 1.28. The van der Waals surface area contributed by atoms with Crippen LogP contribution < -0.4 is 20.2 Å². The molecule has 0 unspecified atom stereocenters. The van der Waals surface area contributed by atoms with Crippen LogP contribution in [-0.2, 0) is 57.2 Å². The average molecular weight is 983 g/mol. The second-order valence-electron chi connectivity index (χ2n) is 13.8. The summed E-state index contributed by atoms with van der Waals surface area (Å²) < 4.78 is 106. The van der Waals surface area contributed by atoms with Gasteiger partial charge in [0.1, 0.15) is 44.8 Å². The predicted octanol–water partition coefficient (Wildman–Crippen LogP) is 6.04. The Morgan fingerprint density at radius 2 is 1.47 bits per heavy atom. The first-order valence-electron chi connectivity index (χ1n) is 19.0. The van der Waals surface area contributed by atoms with Crippen LogP contribution >= 0.6 is 12.0 Å². The van der Waals surface area contributed by atoms with E-state index in [2.05, 4.69) is 25.8 Å². The van der Waals surface area contributed by atoms with E-state index in [1.54, 1.807) is 52.0 Å². The molecule has 4 aromatic carbocycles. The number of rotatable bonds is 21. The number of aliphatic carboxylic acids is 1. The molecule has 26 heteroatoms. The summed E-state index contributed by atoms with van der Waals surface area (Å²) >= 11 is 0.783. The Hall–Kier alpha value is -6.78. The van der Waals surface area contributed by atoms with Gasteiger partial charge < -0.3 is 21.3 Å². The number of aryl methyl sites for hydroxylation is 1. The van der Waals surface area contributed by atoms with Crippen molar-refractivity contribution in [3.63, 3.8) is 0 Å². The Morgan fingerprint density at radius 3 is 2.15 bits per heavy atom. The van der Waals surface area contributed by atoms with E-state index < -0.39 is 86.7 Å². The minimum Gasteiger partial charge on any atom is -0.481 e. The number of sulfone groups is 1. The molecule has 0 radical (unpaired) electrons. The van der Waals surface area contributed by atoms with E-state index >= 15 is 0 Å². The molecule has 0 aliphatic heterocycles. The predicted molar refractivity (Wildman–Crippen MR) is 235 cm³/mol. The fraction of sp³-hybridized carbons (Fsp3) is 0.150. The van der Waals surface area contributed by atoms with Crippen LogP contribution in [0.5, 0.6) is 0 Å². The molecule has 0 spiro atoms. The molecule has 2 heterocycles. The number of benzene rings is 4. The molecule has 344 valence electrons. The smallest absolute Gasteiger partial charge is 0.341 e. The van der Waals surface area contributed by atoms with Gasteiger partial charge in [-0.05, 0) is 60.0 Å². The number of carboxylic acid groups (broad SMARTS) is 2. The number of nitrogens with one attached hydrogen (secondary N) is 1. The van der Waals surface area contributed by atoms with E-state index in [0.29, 0.717) is 10.3 Å². The zero-order valence-corrected chi connectivity index (χ0v) is 37.2. The van der Waals surface area contributed by atoms with Crippen LogP contribution in [0.25, 0.3) is 10.8 Å². The van der Waals surface area contributed by atoms with Crippen molar-refractivity contribution in [2.75, 3.05) is 30.0 Å². The molecule has 2 aromatic heterocycles. The van der Waals surface area contributed by atoms with Crippen LogP contribution in [0.3, 0.4) is 0 Å². The van der Waals surface area contributed by atoms with E-state index in [9.17, 15) is 49.1 Å². The molecular weight excluding hydrogens is 945 g/mol. The van der Waals surface area contributed by atoms with E-state index in [1.165, 1.54) is 66.9 Å². The summed E-state index contributed by atoms with van der Waals surface area (Å²) in [5.74, 6) is -2.55. The summed E-state index contributed by atoms with van der Waals surface area (Å²) in [6.45, 7) is 0.107. The summed E-state index contributed by atoms with van der Waals surface area (Å²) in [6.07, 6.45) is 6.01. The van der Waals surface area contributed by atoms with Crippen molar-refractivity contribution in [2.45, 2.75) is 39.1 Å². The molecule has 22 nitrogen and oxygen atoms in total. The molecule has 0 bridgehead atoms. The number of nitrogen functional groups attached to an aromatic ring is 1. The Kier molecular flexibility index (Phi) is 15.5. The number of azo groups is 2. The number of hydrogen-bond donors (Lipinski definition) is 6. The molecule has 0 saturated carbocycles. The lowest BCUT2D eigenvalue weighted by atomic mass is 10.1. The number of carboxylic acids is 2. The van der Waals surface area contributed by atoms with E-state index in [1.807, 2.05) is 0 Å². The highest BCUT2D eigenvalue weighted by molar-refractivity contribution is 7.94. The molecule has 7 N–H and O–H groups in total. The van der Waals surface area contributed by atoms with Gasteiger partial charge in [-0.25, -0.2) is 27.2 Å². The number of aromatic nitrogens is 2. The molecule has 0 fully saturated rings. The summed E-state index contributed by atoms with van der Waals surface area (Å²) in [5.41, 5.74) is 4.27. The van der Waals surface area contributed by atoms with Crippen LogP contribution in [0.15, 0.2) is 156 Å². The third-order valence-electron chi connectivity index (χ3n) is 9.22. The molecule has 66 heavy (non-hydrogen) atoms. The molecule has 0 amide bonds. The van der Waals surface area contributed by atoms with Crippen molar-refractivity contribution >= 4 is 99.0 Å². The quantitative estimate of drug-likeness (QED) is 0.00700. The second kappa shape index (κ2) is 21.0. The molecular formula is C40H38N8O14S4+2. The highest BCUT2D eigenvalue weighted by Gasteiger charge is 2.26. The molecule has 0 atom stereocenters. The zero-order chi connectivity index (χ0) is 47.6. The molecule has 6 aromatic rings. The van der Waals surface area contributed by atoms with Gasteiger partial charge in [-0.1, -0.05) is 18.2 Å². The number of carbonyl (C=O) groups is 2. The lowest BCUT2D eigenvalue weighted by Gasteiger charge is -2.15. The van der Waals surface area contributed by atoms with Crippen LogP contribution in [0.1, 0.15) is 16.8 Å². The summed E-state index contributed by atoms with van der Waals surface area (Å²) in [7, 11) is -13.9. The van der Waals surface area contributed by atoms with Crippen LogP contribution in [0, 0.1) is 0 Å². The third kappa shape index (κ3) is 12.7. The number of fused-ring (bicyclic) bond motifs is 1. The van der Waals surface area contributed by atoms with Crippen molar-refractivity contribution in [3.8, 4) is 0 Å². The molecule has 6 rings (SSSR count). The van der Waals surface area contributed by atoms with E-state index in [4.69, 9.17) is 20.1 Å². The van der Waals surface area contributed by atoms with Gasteiger partial charge in [0.2, 0.25) is 0 Å². The van der Waals surface area contributed by atoms with Gasteiger partial charge in [-0.2, -0.15) is 26.3 Å². The minimum atomic E-state index is -5.17. The van der Waals surface area contributed by atoms with Crippen LogP contribution in [0.2, 0.25) is 0 Å². The van der Waals surface area contributed by atoms with E-state index in [-0.39, 0.29) is 53.5 Å². The van der Waals surface area contributed by atoms with Gasteiger partial charge in [-0.15, -0.1) is 15.3 Å². The normalized spacial score (nSPS) is 12.3.